The molecule has 1 aliphatic carbocycles. The zero-order chi connectivity index (χ0) is 15.7. The number of hydrogen-bond acceptors (Lipinski definition) is 4. The van der Waals surface area contributed by atoms with E-state index in [1.165, 1.54) is 6.42 Å². The SMILES string of the molecule is COc1cc(OC)cc(C(=O)C2C3CCCCC3C[N+]2=O)c1. The van der Waals surface area contributed by atoms with Crippen LogP contribution in [0.5, 0.6) is 11.5 Å². The van der Waals surface area contributed by atoms with Gasteiger partial charge in [-0.3, -0.25) is 4.79 Å². The summed E-state index contributed by atoms with van der Waals surface area (Å²) in [5.41, 5.74) is 0.494. The van der Waals surface area contributed by atoms with Gasteiger partial charge in [-0.15, -0.1) is 0 Å². The van der Waals surface area contributed by atoms with E-state index in [2.05, 4.69) is 0 Å². The van der Waals surface area contributed by atoms with E-state index in [4.69, 9.17) is 9.47 Å². The summed E-state index contributed by atoms with van der Waals surface area (Å²) in [6.07, 6.45) is 4.32. The lowest BCUT2D eigenvalue weighted by atomic mass is 9.77. The van der Waals surface area contributed by atoms with Crippen molar-refractivity contribution >= 4 is 5.78 Å². The van der Waals surface area contributed by atoms with Gasteiger partial charge in [-0.1, -0.05) is 12.8 Å². The third kappa shape index (κ3) is 2.60. The Morgan fingerprint density at radius 3 is 2.36 bits per heavy atom. The summed E-state index contributed by atoms with van der Waals surface area (Å²) in [5.74, 6) is 1.59. The fraction of sp³-hybridized carbons (Fsp3) is 0.588. The first-order valence-electron chi connectivity index (χ1n) is 7.85. The number of nitrogens with zero attached hydrogens (tertiary/aromatic N) is 1. The van der Waals surface area contributed by atoms with Crippen LogP contribution in [0.2, 0.25) is 0 Å². The van der Waals surface area contributed by atoms with Crippen molar-refractivity contribution in [3.8, 4) is 11.5 Å². The van der Waals surface area contributed by atoms with Crippen LogP contribution in [0.1, 0.15) is 36.0 Å². The van der Waals surface area contributed by atoms with Gasteiger partial charge in [0.05, 0.1) is 14.2 Å². The molecule has 3 atom stereocenters. The third-order valence-corrected chi connectivity index (χ3v) is 5.00. The average Bonchev–Trinajstić information content (AvgIpc) is 2.89. The molecule has 3 rings (SSSR count). The molecule has 5 nitrogen and oxygen atoms in total. The van der Waals surface area contributed by atoms with Crippen molar-refractivity contribution in [2.45, 2.75) is 31.7 Å². The van der Waals surface area contributed by atoms with E-state index in [9.17, 15) is 9.70 Å². The molecule has 0 aromatic heterocycles. The maximum absolute atomic E-state index is 12.9. The van der Waals surface area contributed by atoms with Crippen molar-refractivity contribution in [1.29, 1.82) is 0 Å². The number of Topliss-reactive ketones (excluding diaryl/α,β-unsaturated/α-hetero) is 1. The highest BCUT2D eigenvalue weighted by Crippen LogP contribution is 2.40. The molecular formula is C17H22NO4+. The van der Waals surface area contributed by atoms with Crippen LogP contribution in [0.15, 0.2) is 18.2 Å². The lowest BCUT2D eigenvalue weighted by Crippen LogP contribution is -2.34. The molecule has 118 valence electrons. The predicted molar refractivity (Wildman–Crippen MR) is 81.6 cm³/mol. The second-order valence-electron chi connectivity index (χ2n) is 6.22. The van der Waals surface area contributed by atoms with Gasteiger partial charge in [0.2, 0.25) is 5.78 Å². The number of carbonyl (C=O) groups is 1. The Labute approximate surface area is 130 Å². The molecule has 0 radical (unpaired) electrons. The number of ketones is 1. The van der Waals surface area contributed by atoms with Gasteiger partial charge in [0.1, 0.15) is 11.5 Å². The molecule has 1 saturated heterocycles. The van der Waals surface area contributed by atoms with E-state index in [0.29, 0.717) is 29.5 Å². The Bertz CT molecular complexity index is 576. The summed E-state index contributed by atoms with van der Waals surface area (Å²) in [6.45, 7) is 0.488. The fourth-order valence-corrected chi connectivity index (χ4v) is 3.88. The van der Waals surface area contributed by atoms with Gasteiger partial charge in [-0.2, -0.15) is 0 Å². The number of carbonyl (C=O) groups excluding carboxylic acids is 1. The number of fused-ring (bicyclic) bond motifs is 1. The number of nitroso groups, excluding NO2 is 1. The van der Waals surface area contributed by atoms with Gasteiger partial charge in [-0.25, -0.2) is 0 Å². The number of ether oxygens (including phenoxy) is 2. The molecule has 1 heterocycles. The summed E-state index contributed by atoms with van der Waals surface area (Å²) < 4.78 is 11.4. The van der Waals surface area contributed by atoms with Crippen LogP contribution in [-0.2, 0) is 0 Å². The fourth-order valence-electron chi connectivity index (χ4n) is 3.88. The van der Waals surface area contributed by atoms with Crippen LogP contribution in [0.4, 0.5) is 0 Å². The quantitative estimate of drug-likeness (QED) is 0.634. The molecule has 1 aromatic carbocycles. The number of rotatable bonds is 4. The summed E-state index contributed by atoms with van der Waals surface area (Å²) in [5, 5.41) is 0. The van der Waals surface area contributed by atoms with E-state index < -0.39 is 6.04 Å². The van der Waals surface area contributed by atoms with E-state index in [1.54, 1.807) is 32.4 Å². The smallest absolute Gasteiger partial charge is 0.266 e. The van der Waals surface area contributed by atoms with Crippen molar-refractivity contribution in [2.24, 2.45) is 11.8 Å². The molecule has 1 aromatic rings. The minimum Gasteiger partial charge on any atom is -0.497 e. The first-order valence-corrected chi connectivity index (χ1v) is 7.85. The summed E-state index contributed by atoms with van der Waals surface area (Å²) in [7, 11) is 3.10. The molecule has 22 heavy (non-hydrogen) atoms. The van der Waals surface area contributed by atoms with Crippen molar-refractivity contribution in [2.75, 3.05) is 20.8 Å². The third-order valence-electron chi connectivity index (χ3n) is 5.00. The first kappa shape index (κ1) is 15.0. The van der Waals surface area contributed by atoms with E-state index in [1.807, 2.05) is 0 Å². The molecule has 0 N–H and O–H groups in total. The predicted octanol–water partition coefficient (Wildman–Crippen LogP) is 2.85. The topological polar surface area (TPSA) is 55.6 Å². The second-order valence-corrected chi connectivity index (χ2v) is 6.22. The highest BCUT2D eigenvalue weighted by Gasteiger charge is 2.53. The van der Waals surface area contributed by atoms with Gasteiger partial charge in [0, 0.05) is 33.1 Å². The Kier molecular flexibility index (Phi) is 4.14. The minimum absolute atomic E-state index is 0.110. The Hall–Kier alpha value is -1.91. The number of benzene rings is 1. The minimum atomic E-state index is -0.554. The van der Waals surface area contributed by atoms with Crippen LogP contribution in [0, 0.1) is 16.7 Å². The van der Waals surface area contributed by atoms with Gasteiger partial charge in [-0.05, 0) is 25.0 Å². The highest BCUT2D eigenvalue weighted by atomic mass is 16.5. The molecule has 2 aliphatic rings. The average molecular weight is 304 g/mol. The summed E-state index contributed by atoms with van der Waals surface area (Å²) in [6, 6.07) is 4.55. The zero-order valence-electron chi connectivity index (χ0n) is 13.1. The van der Waals surface area contributed by atoms with E-state index in [0.717, 1.165) is 24.0 Å². The van der Waals surface area contributed by atoms with Crippen LogP contribution in [-0.4, -0.2) is 37.3 Å². The molecule has 1 saturated carbocycles. The van der Waals surface area contributed by atoms with Crippen molar-refractivity contribution in [3.63, 3.8) is 0 Å². The highest BCUT2D eigenvalue weighted by molar-refractivity contribution is 6.00. The van der Waals surface area contributed by atoms with Crippen molar-refractivity contribution in [1.82, 2.24) is 0 Å². The van der Waals surface area contributed by atoms with E-state index >= 15 is 0 Å². The standard InChI is InChI=1S/C17H22NO4/c1-21-13-7-12(8-14(9-13)22-2)17(19)16-15-6-4-3-5-11(15)10-18(16)20/h7-9,11,15-16H,3-6,10H2,1-2H3/q+1. The van der Waals surface area contributed by atoms with Crippen LogP contribution < -0.4 is 9.47 Å². The van der Waals surface area contributed by atoms with Crippen LogP contribution in [0.3, 0.4) is 0 Å². The first-order chi connectivity index (χ1) is 10.6. The number of hydrogen-bond donors (Lipinski definition) is 0. The maximum atomic E-state index is 12.9. The van der Waals surface area contributed by atoms with Crippen molar-refractivity contribution in [3.05, 3.63) is 28.7 Å². The molecule has 0 bridgehead atoms. The maximum Gasteiger partial charge on any atom is 0.266 e. The molecule has 1 aliphatic heterocycles. The lowest BCUT2D eigenvalue weighted by molar-refractivity contribution is -0.554. The molecule has 0 spiro atoms. The van der Waals surface area contributed by atoms with Crippen molar-refractivity contribution < 1.29 is 19.0 Å². The Balaban J connectivity index is 1.91. The largest absolute Gasteiger partial charge is 0.497 e. The van der Waals surface area contributed by atoms with Crippen LogP contribution >= 0.6 is 0 Å². The molecule has 0 amide bonds. The van der Waals surface area contributed by atoms with Gasteiger partial charge in [0.25, 0.3) is 6.04 Å². The van der Waals surface area contributed by atoms with Gasteiger partial charge < -0.3 is 9.47 Å². The molecule has 5 heteroatoms. The zero-order valence-corrected chi connectivity index (χ0v) is 13.1. The second kappa shape index (κ2) is 6.07. The van der Waals surface area contributed by atoms with E-state index in [-0.39, 0.29) is 11.7 Å². The summed E-state index contributed by atoms with van der Waals surface area (Å²) >= 11 is 0. The molecule has 2 fully saturated rings. The monoisotopic (exact) mass is 304 g/mol. The molecular weight excluding hydrogens is 282 g/mol. The van der Waals surface area contributed by atoms with Gasteiger partial charge in [0.15, 0.2) is 6.54 Å². The molecule has 3 unspecified atom stereocenters. The number of methoxy groups -OCH3 is 2. The van der Waals surface area contributed by atoms with Crippen LogP contribution in [0.25, 0.3) is 0 Å². The normalized spacial score (nSPS) is 27.4. The Morgan fingerprint density at radius 2 is 1.73 bits per heavy atom. The Morgan fingerprint density at radius 1 is 1.09 bits per heavy atom. The summed E-state index contributed by atoms with van der Waals surface area (Å²) in [4.78, 5) is 25.2. The van der Waals surface area contributed by atoms with Gasteiger partial charge >= 0.3 is 0 Å². The lowest BCUT2D eigenvalue weighted by Gasteiger charge is -2.22.